The largest absolute Gasteiger partial charge is 0.465 e. The zero-order valence-corrected chi connectivity index (χ0v) is 15.6. The molecule has 0 spiro atoms. The molecule has 0 aliphatic carbocycles. The first-order valence-electron chi connectivity index (χ1n) is 8.28. The second-order valence-corrected chi connectivity index (χ2v) is 5.51. The van der Waals surface area contributed by atoms with Gasteiger partial charge in [0.1, 0.15) is 5.70 Å². The van der Waals surface area contributed by atoms with Crippen molar-refractivity contribution in [3.05, 3.63) is 65.0 Å². The summed E-state index contributed by atoms with van der Waals surface area (Å²) in [5.41, 5.74) is 1.33. The zero-order valence-electron chi connectivity index (χ0n) is 15.6. The van der Waals surface area contributed by atoms with Crippen LogP contribution in [0.15, 0.2) is 53.9 Å². The molecule has 0 saturated heterocycles. The number of hydrogen-bond donors (Lipinski definition) is 0. The van der Waals surface area contributed by atoms with E-state index >= 15 is 0 Å². The van der Waals surface area contributed by atoms with Gasteiger partial charge < -0.3 is 19.1 Å². The van der Waals surface area contributed by atoms with Crippen molar-refractivity contribution >= 4 is 23.6 Å². The van der Waals surface area contributed by atoms with Crippen LogP contribution in [0.25, 0.3) is 0 Å². The molecule has 2 rings (SSSR count). The van der Waals surface area contributed by atoms with Gasteiger partial charge in [-0.2, -0.15) is 0 Å². The number of esters is 3. The number of methoxy groups -OCH3 is 2. The van der Waals surface area contributed by atoms with E-state index in [1.54, 1.807) is 50.4 Å². The molecule has 1 aromatic rings. The Morgan fingerprint density at radius 3 is 2.33 bits per heavy atom. The number of para-hydroxylation sites is 1. The van der Waals surface area contributed by atoms with Crippen LogP contribution in [0.1, 0.15) is 22.8 Å². The van der Waals surface area contributed by atoms with Crippen molar-refractivity contribution < 1.29 is 28.6 Å². The van der Waals surface area contributed by atoms with Crippen LogP contribution in [0.5, 0.6) is 0 Å². The molecule has 1 aromatic carbocycles. The lowest BCUT2D eigenvalue weighted by molar-refractivity contribution is -0.139. The highest BCUT2D eigenvalue weighted by molar-refractivity contribution is 6.07. The third-order valence-electron chi connectivity index (χ3n) is 3.86. The summed E-state index contributed by atoms with van der Waals surface area (Å²) in [6.07, 6.45) is 6.26. The van der Waals surface area contributed by atoms with E-state index in [-0.39, 0.29) is 23.4 Å². The van der Waals surface area contributed by atoms with Gasteiger partial charge in [-0.25, -0.2) is 14.4 Å². The minimum atomic E-state index is -0.746. The third kappa shape index (κ3) is 4.08. The van der Waals surface area contributed by atoms with Crippen LogP contribution in [0.4, 0.5) is 5.69 Å². The van der Waals surface area contributed by atoms with Gasteiger partial charge in [-0.1, -0.05) is 18.2 Å². The molecule has 0 aromatic heterocycles. The molecule has 142 valence electrons. The Morgan fingerprint density at radius 2 is 1.70 bits per heavy atom. The minimum Gasteiger partial charge on any atom is -0.465 e. The third-order valence-corrected chi connectivity index (χ3v) is 3.86. The molecule has 0 atom stereocenters. The number of rotatable bonds is 5. The van der Waals surface area contributed by atoms with Crippen molar-refractivity contribution in [3.8, 4) is 0 Å². The van der Waals surface area contributed by atoms with Crippen LogP contribution in [0, 0.1) is 6.92 Å². The Bertz CT molecular complexity index is 850. The van der Waals surface area contributed by atoms with E-state index in [1.165, 1.54) is 25.2 Å². The highest BCUT2D eigenvalue weighted by atomic mass is 16.5. The van der Waals surface area contributed by atoms with Crippen LogP contribution < -0.4 is 4.90 Å². The van der Waals surface area contributed by atoms with Gasteiger partial charge in [0.05, 0.1) is 37.7 Å². The van der Waals surface area contributed by atoms with Gasteiger partial charge in [0.2, 0.25) is 0 Å². The number of allylic oxidation sites excluding steroid dienone is 2. The van der Waals surface area contributed by atoms with Gasteiger partial charge in [0.15, 0.2) is 0 Å². The molecule has 0 amide bonds. The topological polar surface area (TPSA) is 82.1 Å². The van der Waals surface area contributed by atoms with E-state index in [0.717, 1.165) is 0 Å². The molecular formula is C20H21NO6. The number of anilines is 1. The molecule has 1 aliphatic heterocycles. The molecule has 0 fully saturated rings. The normalized spacial score (nSPS) is 13.3. The van der Waals surface area contributed by atoms with Crippen molar-refractivity contribution in [1.29, 1.82) is 0 Å². The number of carbonyl (C=O) groups is 3. The first-order valence-corrected chi connectivity index (χ1v) is 8.28. The number of nitrogens with zero attached hydrogens (tertiary/aromatic N) is 1. The second-order valence-electron chi connectivity index (χ2n) is 5.51. The SMILES string of the molecule is CCOC(=O)c1cccc(C)c1N1C=CC=CC(C(=O)OC)=C1C(=O)OC. The predicted octanol–water partition coefficient (Wildman–Crippen LogP) is 2.66. The fourth-order valence-electron chi connectivity index (χ4n) is 2.69. The van der Waals surface area contributed by atoms with Crippen molar-refractivity contribution in [2.45, 2.75) is 13.8 Å². The van der Waals surface area contributed by atoms with E-state index < -0.39 is 17.9 Å². The molecule has 0 bridgehead atoms. The number of hydrogen-bond acceptors (Lipinski definition) is 7. The molecule has 0 saturated carbocycles. The highest BCUT2D eigenvalue weighted by Gasteiger charge is 2.30. The monoisotopic (exact) mass is 371 g/mol. The average Bonchev–Trinajstić information content (AvgIpc) is 2.89. The van der Waals surface area contributed by atoms with Gasteiger partial charge in [-0.15, -0.1) is 0 Å². The van der Waals surface area contributed by atoms with Crippen LogP contribution in [-0.4, -0.2) is 38.7 Å². The maximum absolute atomic E-state index is 12.5. The summed E-state index contributed by atoms with van der Waals surface area (Å²) in [7, 11) is 2.43. The number of aryl methyl sites for hydroxylation is 1. The van der Waals surface area contributed by atoms with Crippen molar-refractivity contribution in [2.75, 3.05) is 25.7 Å². The smallest absolute Gasteiger partial charge is 0.355 e. The molecule has 7 nitrogen and oxygen atoms in total. The lowest BCUT2D eigenvalue weighted by Gasteiger charge is -2.26. The first kappa shape index (κ1) is 20.0. The Hall–Kier alpha value is -3.35. The Balaban J connectivity index is 2.77. The predicted molar refractivity (Wildman–Crippen MR) is 99.0 cm³/mol. The fraction of sp³-hybridized carbons (Fsp3) is 0.250. The molecule has 0 N–H and O–H groups in total. The van der Waals surface area contributed by atoms with Gasteiger partial charge in [0, 0.05) is 6.20 Å². The molecule has 1 heterocycles. The van der Waals surface area contributed by atoms with E-state index in [2.05, 4.69) is 0 Å². The Kier molecular flexibility index (Phi) is 6.54. The lowest BCUT2D eigenvalue weighted by atomic mass is 10.0. The molecular weight excluding hydrogens is 350 g/mol. The van der Waals surface area contributed by atoms with Gasteiger partial charge in [0.25, 0.3) is 0 Å². The van der Waals surface area contributed by atoms with Gasteiger partial charge in [-0.05, 0) is 37.6 Å². The second kappa shape index (κ2) is 8.84. The summed E-state index contributed by atoms with van der Waals surface area (Å²) in [4.78, 5) is 38.7. The van der Waals surface area contributed by atoms with Gasteiger partial charge in [-0.3, -0.25) is 0 Å². The van der Waals surface area contributed by atoms with Crippen molar-refractivity contribution in [2.24, 2.45) is 0 Å². The fourth-order valence-corrected chi connectivity index (χ4v) is 2.69. The highest BCUT2D eigenvalue weighted by Crippen LogP contribution is 2.32. The van der Waals surface area contributed by atoms with Crippen molar-refractivity contribution in [1.82, 2.24) is 0 Å². The van der Waals surface area contributed by atoms with Gasteiger partial charge >= 0.3 is 17.9 Å². The molecule has 1 aliphatic rings. The molecule has 27 heavy (non-hydrogen) atoms. The standard InChI is InChI=1S/C20H21NO6/c1-5-27-19(23)14-11-8-9-13(2)16(14)21-12-7-6-10-15(18(22)25-3)17(21)20(24)26-4/h6-12H,5H2,1-4H3. The van der Waals surface area contributed by atoms with Crippen LogP contribution >= 0.6 is 0 Å². The van der Waals surface area contributed by atoms with Crippen LogP contribution in [0.3, 0.4) is 0 Å². The van der Waals surface area contributed by atoms with E-state index in [4.69, 9.17) is 14.2 Å². The minimum absolute atomic E-state index is 0.00686. The summed E-state index contributed by atoms with van der Waals surface area (Å²) in [5.74, 6) is -1.98. The number of benzene rings is 1. The Morgan fingerprint density at radius 1 is 1.00 bits per heavy atom. The molecule has 0 radical (unpaired) electrons. The summed E-state index contributed by atoms with van der Waals surface area (Å²) in [6, 6.07) is 5.10. The van der Waals surface area contributed by atoms with E-state index in [1.807, 2.05) is 0 Å². The maximum atomic E-state index is 12.5. The summed E-state index contributed by atoms with van der Waals surface area (Å²) >= 11 is 0. The van der Waals surface area contributed by atoms with Crippen molar-refractivity contribution in [3.63, 3.8) is 0 Å². The zero-order chi connectivity index (χ0) is 20.0. The quantitative estimate of drug-likeness (QED) is 0.581. The molecule has 0 unspecified atom stereocenters. The Labute approximate surface area is 157 Å². The first-order chi connectivity index (χ1) is 13.0. The maximum Gasteiger partial charge on any atom is 0.355 e. The average molecular weight is 371 g/mol. The summed E-state index contributed by atoms with van der Waals surface area (Å²) in [6.45, 7) is 3.70. The van der Waals surface area contributed by atoms with Crippen LogP contribution in [-0.2, 0) is 23.8 Å². The van der Waals surface area contributed by atoms with Crippen LogP contribution in [0.2, 0.25) is 0 Å². The summed E-state index contributed by atoms with van der Waals surface area (Å²) < 4.78 is 14.8. The lowest BCUT2D eigenvalue weighted by Crippen LogP contribution is -2.29. The van der Waals surface area contributed by atoms with E-state index in [0.29, 0.717) is 11.3 Å². The number of ether oxygens (including phenoxy) is 3. The molecule has 7 heteroatoms. The summed E-state index contributed by atoms with van der Waals surface area (Å²) in [5, 5.41) is 0. The number of carbonyl (C=O) groups excluding carboxylic acids is 3. The van der Waals surface area contributed by atoms with E-state index in [9.17, 15) is 14.4 Å².